The number of amides is 14. The number of rotatable bonds is 18. The van der Waals surface area contributed by atoms with Crippen LogP contribution in [0, 0.1) is 0 Å². The zero-order valence-electron chi connectivity index (χ0n) is 63.4. The van der Waals surface area contributed by atoms with Crippen LogP contribution in [0.2, 0.25) is 0 Å². The maximum atomic E-state index is 15.3. The molecule has 118 heavy (non-hydrogen) atoms. The molecule has 3 aromatic carbocycles. The van der Waals surface area contributed by atoms with Crippen molar-refractivity contribution in [2.45, 2.75) is 187 Å². The Morgan fingerprint density at radius 1 is 0.585 bits per heavy atom. The van der Waals surface area contributed by atoms with Crippen LogP contribution in [0.4, 0.5) is 0 Å². The van der Waals surface area contributed by atoms with Crippen LogP contribution >= 0.6 is 31.9 Å². The van der Waals surface area contributed by atoms with Gasteiger partial charge in [-0.1, -0.05) is 110 Å². The highest BCUT2D eigenvalue weighted by Crippen LogP contribution is 2.27. The van der Waals surface area contributed by atoms with E-state index in [9.17, 15) is 113 Å². The second-order valence-electron chi connectivity index (χ2n) is 28.1. The number of carboxylic acids is 1. The summed E-state index contributed by atoms with van der Waals surface area (Å²) in [5.41, 5.74) is 12.5. The first-order valence-corrected chi connectivity index (χ1v) is 38.4. The monoisotopic (exact) mass is 1780 g/mol. The van der Waals surface area contributed by atoms with Crippen molar-refractivity contribution in [2.24, 2.45) is 11.5 Å². The molecule has 3 aliphatic rings. The molecule has 3 aliphatic heterocycles. The molecule has 7 unspecified atom stereocenters. The van der Waals surface area contributed by atoms with Gasteiger partial charge in [-0.05, 0) is 54.8 Å². The van der Waals surface area contributed by atoms with Crippen LogP contribution in [0.15, 0.2) is 118 Å². The van der Waals surface area contributed by atoms with Gasteiger partial charge in [0.2, 0.25) is 95.3 Å². The molecule has 4 aromatic rings. The van der Waals surface area contributed by atoms with Gasteiger partial charge in [0.05, 0.1) is 57.0 Å². The summed E-state index contributed by atoms with van der Waals surface area (Å²) < 4.78 is 9.09. The topological polar surface area (TPSA) is 673 Å². The molecule has 19 atom stereocenters. The number of carboxylic acid groups (broad SMARTS) is 1. The number of benzene rings is 3. The number of nitrogens with one attached hydrogen (secondary N) is 12. The first-order chi connectivity index (χ1) is 55.8. The van der Waals surface area contributed by atoms with E-state index < -0.39 is 288 Å². The lowest BCUT2D eigenvalue weighted by Gasteiger charge is -2.28. The average Bonchev–Trinajstić information content (AvgIpc) is 1.63. The number of carbonyl (C=O) groups excluding carboxylic acids is 14. The molecular formula is C74H95Br2N16O26+. The van der Waals surface area contributed by atoms with Gasteiger partial charge in [0.1, 0.15) is 97.2 Å². The number of aromatic nitrogens is 2. The van der Waals surface area contributed by atoms with E-state index in [-0.39, 0.29) is 5.69 Å². The van der Waals surface area contributed by atoms with Crippen molar-refractivity contribution < 1.29 is 132 Å². The lowest BCUT2D eigenvalue weighted by atomic mass is 10.0. The van der Waals surface area contributed by atoms with Crippen molar-refractivity contribution in [1.82, 2.24) is 68.4 Å². The fourth-order valence-electron chi connectivity index (χ4n) is 12.5. The Labute approximate surface area is 689 Å². The number of aliphatic carboxylic acids is 1. The summed E-state index contributed by atoms with van der Waals surface area (Å²) in [5, 5.41) is 138. The van der Waals surface area contributed by atoms with Crippen LogP contribution in [0.5, 0.6) is 0 Å². The highest BCUT2D eigenvalue weighted by atomic mass is 79.9. The van der Waals surface area contributed by atoms with Gasteiger partial charge in [-0.3, -0.25) is 67.1 Å². The lowest BCUT2D eigenvalue weighted by Crippen LogP contribution is -2.63. The van der Waals surface area contributed by atoms with Crippen LogP contribution in [-0.4, -0.2) is 280 Å². The highest BCUT2D eigenvalue weighted by molar-refractivity contribution is 9.10. The normalized spacial score (nSPS) is 27.6. The zero-order valence-corrected chi connectivity index (χ0v) is 66.5. The van der Waals surface area contributed by atoms with E-state index in [0.29, 0.717) is 26.7 Å². The predicted molar refractivity (Wildman–Crippen MR) is 413 cm³/mol. The molecular weight excluding hydrogens is 1690 g/mol. The van der Waals surface area contributed by atoms with Gasteiger partial charge in [0.25, 0.3) is 0 Å². The summed E-state index contributed by atoms with van der Waals surface area (Å²) in [7, 11) is 0. The molecule has 4 bridgehead atoms. The molecule has 1 fully saturated rings. The maximum Gasteiger partial charge on any atom is 0.326 e. The Bertz CT molecular complexity index is 4350. The third kappa shape index (κ3) is 27.8. The number of hydrogen-bond donors (Lipinski definition) is 24. The number of imidazole rings is 1. The molecule has 0 spiro atoms. The van der Waals surface area contributed by atoms with E-state index >= 15 is 9.59 Å². The minimum Gasteiger partial charge on any atom is -0.480 e. The Morgan fingerprint density at radius 2 is 1.13 bits per heavy atom. The van der Waals surface area contributed by atoms with E-state index in [1.807, 2.05) is 5.32 Å². The molecule has 42 nitrogen and oxygen atoms in total. The summed E-state index contributed by atoms with van der Waals surface area (Å²) in [5.74, 6) is -21.1. The molecule has 14 amide bonds. The largest absolute Gasteiger partial charge is 0.480 e. The number of nitrogens with two attached hydrogens (primary N) is 2. The number of halogens is 2. The number of allylic oxidation sites excluding steroid dienone is 2. The van der Waals surface area contributed by atoms with Crippen molar-refractivity contribution >= 4 is 127 Å². The average molecular weight is 1780 g/mol. The Morgan fingerprint density at radius 3 is 1.73 bits per heavy atom. The first-order valence-electron chi connectivity index (χ1n) is 36.8. The molecule has 26 N–H and O–H groups in total. The fraction of sp³-hybridized carbons (Fsp3) is 0.459. The molecule has 4 heterocycles. The SMILES string of the molecule is CC(/C=C/c1ccc(Br)cc1)=C\[C@H](O)C1CC(=O)N[C@@H](CO)C(=O)N[C@@H]2Cn3cc([n+]([C@@H]4OC(CO)C(O)C4O)c3)CC(NC(=O)C[C@H](O)CC(C(=O)O)NC(=O)CCNC(=O)[C@H](Cc3ccc(Br)cc3)NC(=O)C([C@@H](O)C(N)=O)NC(=O)[C@H](CC(N)=O)NC2=O)C(=O)N[C@@H]([C@H](C)O)C(=O)N[C@@H](CO)C(=O)N[C@@H](Cc2ccccc2)C(=O)N1. The predicted octanol–water partition coefficient (Wildman–Crippen LogP) is -9.47. The molecule has 640 valence electrons. The number of carbonyl (C=O) groups is 15. The van der Waals surface area contributed by atoms with E-state index in [0.717, 1.165) is 33.1 Å². The van der Waals surface area contributed by atoms with Gasteiger partial charge < -0.3 is 131 Å². The van der Waals surface area contributed by atoms with E-state index in [4.69, 9.17) is 16.2 Å². The van der Waals surface area contributed by atoms with Crippen molar-refractivity contribution in [2.75, 3.05) is 26.4 Å². The smallest absolute Gasteiger partial charge is 0.326 e. The third-order valence-electron chi connectivity index (χ3n) is 18.8. The number of fused-ring (bicyclic) bond motifs is 2. The minimum atomic E-state index is -2.72. The summed E-state index contributed by atoms with van der Waals surface area (Å²) in [4.78, 5) is 213. The summed E-state index contributed by atoms with van der Waals surface area (Å²) in [6, 6.07) is -2.14. The number of aliphatic hydroxyl groups excluding tert-OH is 9. The molecule has 1 saturated heterocycles. The number of primary amides is 2. The lowest BCUT2D eigenvalue weighted by molar-refractivity contribution is -0.771. The maximum absolute atomic E-state index is 15.3. The van der Waals surface area contributed by atoms with Gasteiger partial charge in [0, 0.05) is 54.0 Å². The first kappa shape index (κ1) is 94.1. The Kier molecular flexibility index (Phi) is 35.5. The minimum absolute atomic E-state index is 0.329. The van der Waals surface area contributed by atoms with Gasteiger partial charge in [-0.15, -0.1) is 0 Å². The third-order valence-corrected chi connectivity index (χ3v) is 19.9. The second-order valence-corrected chi connectivity index (χ2v) is 30.0. The number of ether oxygens (including phenoxy) is 1. The number of hydrogen-bond acceptors (Lipinski definition) is 25. The van der Waals surface area contributed by atoms with Gasteiger partial charge >= 0.3 is 5.97 Å². The molecule has 0 saturated carbocycles. The van der Waals surface area contributed by atoms with Crippen LogP contribution in [0.1, 0.15) is 74.6 Å². The molecule has 7 rings (SSSR count). The van der Waals surface area contributed by atoms with Crippen LogP contribution in [0.25, 0.3) is 6.08 Å². The molecule has 0 radical (unpaired) electrons. The summed E-state index contributed by atoms with van der Waals surface area (Å²) in [6.45, 7) is -2.71. The molecule has 44 heteroatoms. The quantitative estimate of drug-likeness (QED) is 0.0325. The standard InChI is InChI=1S/C74H94Br2N16O26/c1-34(8-9-36-10-14-39(75)15-11-36)20-52(98)43-27-57(102)82-50(30-93)69(112)87-49-29-91-28-41(92(33-91)73-62(105)60(103)53(32-95)118-73)23-46(66(109)89-58(35(2)96)71(114)88-51(31-94)70(113)84-45(65(108)83-43)21-37-6-4-3-5-7-37)80-56(101)25-42(97)24-48(74(116)117)81-55(100)18-19-79-64(107)44(22-38-12-16-40(76)17-13-38)86-72(115)59(61(104)63(78)106)90-67(110)47(26-54(77)99)85-68(49)111/h3-17,20,28,33,35,42-53,58-62,73,93-98,103-105H,18-19,21-27,29-32H2,1-2H3,(H16-,77,78,79,80,81,82,83,84,85,86,87,88,89,90,99,100,101,102,106,107,108,109,110,111,112,113,114,115,116,117)/p+1/b9-8+,34-20+/t35-,42+,43?,44-,45-,46?,47-,48?,49+,50-,51-,52-,53?,58-,59?,60?,61+,62?,73+/m0/s1. The van der Waals surface area contributed by atoms with Gasteiger partial charge in [-0.2, -0.15) is 0 Å². The zero-order chi connectivity index (χ0) is 86.9. The van der Waals surface area contributed by atoms with Gasteiger partial charge in [0.15, 0.2) is 6.10 Å². The summed E-state index contributed by atoms with van der Waals surface area (Å²) >= 11 is 6.65. The second kappa shape index (κ2) is 44.5. The number of nitrogens with zero attached hydrogens (tertiary/aromatic N) is 2. The molecule has 0 aliphatic carbocycles. The van der Waals surface area contributed by atoms with Crippen LogP contribution in [-0.2, 0) is 102 Å². The number of aliphatic hydroxyl groups is 9. The Balaban J connectivity index is 1.43. The van der Waals surface area contributed by atoms with Crippen LogP contribution < -0.4 is 79.8 Å². The van der Waals surface area contributed by atoms with E-state index in [1.165, 1.54) is 18.2 Å². The Hall–Kier alpha value is -11.0. The van der Waals surface area contributed by atoms with E-state index in [1.54, 1.807) is 85.8 Å². The van der Waals surface area contributed by atoms with Crippen molar-refractivity contribution in [3.63, 3.8) is 0 Å². The fourth-order valence-corrected chi connectivity index (χ4v) is 13.1. The van der Waals surface area contributed by atoms with Crippen molar-refractivity contribution in [3.8, 4) is 0 Å². The molecule has 1 aromatic heterocycles. The highest BCUT2D eigenvalue weighted by Gasteiger charge is 2.49. The summed E-state index contributed by atoms with van der Waals surface area (Å²) in [6.07, 6.45) is -16.5. The van der Waals surface area contributed by atoms with Gasteiger partial charge in [-0.25, -0.2) is 13.9 Å². The van der Waals surface area contributed by atoms with Crippen LogP contribution in [0.3, 0.4) is 0 Å². The van der Waals surface area contributed by atoms with Crippen molar-refractivity contribution in [3.05, 3.63) is 140 Å². The van der Waals surface area contributed by atoms with E-state index in [2.05, 4.69) is 90.3 Å². The van der Waals surface area contributed by atoms with Crippen molar-refractivity contribution in [1.29, 1.82) is 0 Å².